The third-order valence-corrected chi connectivity index (χ3v) is 4.50. The van der Waals surface area contributed by atoms with Gasteiger partial charge in [0.1, 0.15) is 5.60 Å². The van der Waals surface area contributed by atoms with E-state index in [1.165, 1.54) is 0 Å². The van der Waals surface area contributed by atoms with Gasteiger partial charge in [0.15, 0.2) is 0 Å². The van der Waals surface area contributed by atoms with Crippen LogP contribution >= 0.6 is 0 Å². The van der Waals surface area contributed by atoms with Gasteiger partial charge < -0.3 is 19.9 Å². The average molecular weight is 319 g/mol. The second-order valence-electron chi connectivity index (χ2n) is 7.63. The van der Waals surface area contributed by atoms with Crippen LogP contribution < -0.4 is 11.3 Å². The topological polar surface area (TPSA) is 77.6 Å². The summed E-state index contributed by atoms with van der Waals surface area (Å²) < 4.78 is 7.35. The van der Waals surface area contributed by atoms with Crippen molar-refractivity contribution in [1.29, 1.82) is 0 Å². The molecule has 1 aromatic heterocycles. The number of ether oxygens (including phenoxy) is 1. The molecule has 1 amide bonds. The highest BCUT2D eigenvalue weighted by molar-refractivity contribution is 5.68. The molecular formula is C17H25N3O3. The van der Waals surface area contributed by atoms with Gasteiger partial charge >= 0.3 is 6.09 Å². The Hall–Kier alpha value is -1.82. The van der Waals surface area contributed by atoms with Gasteiger partial charge in [-0.15, -0.1) is 0 Å². The average Bonchev–Trinajstić information content (AvgIpc) is 2.46. The van der Waals surface area contributed by atoms with Crippen LogP contribution in [0.3, 0.4) is 0 Å². The van der Waals surface area contributed by atoms with Crippen LogP contribution in [0.15, 0.2) is 16.9 Å². The van der Waals surface area contributed by atoms with E-state index in [1.54, 1.807) is 11.0 Å². The number of fused-ring (bicyclic) bond motifs is 4. The normalized spacial score (nSPS) is 23.4. The van der Waals surface area contributed by atoms with Crippen molar-refractivity contribution in [1.82, 2.24) is 9.47 Å². The van der Waals surface area contributed by atoms with Gasteiger partial charge in [-0.2, -0.15) is 0 Å². The fourth-order valence-electron chi connectivity index (χ4n) is 3.61. The highest BCUT2D eigenvalue weighted by Gasteiger charge is 2.37. The van der Waals surface area contributed by atoms with Crippen LogP contribution in [0.25, 0.3) is 0 Å². The molecule has 0 spiro atoms. The molecule has 2 N–H and O–H groups in total. The lowest BCUT2D eigenvalue weighted by molar-refractivity contribution is 0.0102. The van der Waals surface area contributed by atoms with Crippen molar-refractivity contribution in [3.8, 4) is 0 Å². The standard InChI is InChI=1S/C17H25N3O3/c1-17(2,3)23-16(22)19-8-12-4-13(10-19)14-5-11(7-18)6-15(21)20(14)9-12/h5-6,12-13H,4,7-10,18H2,1-3H3/t12?,13-/m0/s1. The van der Waals surface area contributed by atoms with E-state index in [1.807, 2.05) is 31.4 Å². The molecule has 2 aliphatic rings. The number of hydrogen-bond acceptors (Lipinski definition) is 4. The van der Waals surface area contributed by atoms with E-state index in [0.29, 0.717) is 32.1 Å². The molecule has 1 saturated heterocycles. The smallest absolute Gasteiger partial charge is 0.410 e. The number of carbonyl (C=O) groups is 1. The monoisotopic (exact) mass is 319 g/mol. The molecule has 3 heterocycles. The van der Waals surface area contributed by atoms with E-state index in [9.17, 15) is 9.59 Å². The summed E-state index contributed by atoms with van der Waals surface area (Å²) in [7, 11) is 0. The molecule has 1 unspecified atom stereocenters. The number of aromatic nitrogens is 1. The summed E-state index contributed by atoms with van der Waals surface area (Å²) in [4.78, 5) is 26.4. The molecule has 2 atom stereocenters. The zero-order chi connectivity index (χ0) is 16.8. The van der Waals surface area contributed by atoms with Crippen LogP contribution in [0, 0.1) is 5.92 Å². The second kappa shape index (κ2) is 5.67. The summed E-state index contributed by atoms with van der Waals surface area (Å²) in [5, 5.41) is 0. The maximum Gasteiger partial charge on any atom is 0.410 e. The largest absolute Gasteiger partial charge is 0.444 e. The summed E-state index contributed by atoms with van der Waals surface area (Å²) in [6, 6.07) is 3.64. The van der Waals surface area contributed by atoms with Crippen LogP contribution in [0.2, 0.25) is 0 Å². The molecule has 6 nitrogen and oxygen atoms in total. The van der Waals surface area contributed by atoms with Gasteiger partial charge in [-0.1, -0.05) is 0 Å². The van der Waals surface area contributed by atoms with E-state index in [-0.39, 0.29) is 17.6 Å². The summed E-state index contributed by atoms with van der Waals surface area (Å²) in [5.41, 5.74) is 7.07. The molecule has 126 valence electrons. The second-order valence-corrected chi connectivity index (χ2v) is 7.63. The molecule has 0 aliphatic carbocycles. The van der Waals surface area contributed by atoms with E-state index in [2.05, 4.69) is 0 Å². The van der Waals surface area contributed by atoms with Crippen molar-refractivity contribution in [2.45, 2.75) is 51.8 Å². The molecule has 3 rings (SSSR count). The predicted octanol–water partition coefficient (Wildman–Crippen LogP) is 1.66. The lowest BCUT2D eigenvalue weighted by atomic mass is 9.83. The number of hydrogen-bond donors (Lipinski definition) is 1. The minimum atomic E-state index is -0.495. The number of amides is 1. The SMILES string of the molecule is CC(C)(C)OC(=O)N1CC2C[C@@H](C1)c1cc(CN)cc(=O)n1C2. The van der Waals surface area contributed by atoms with Crippen LogP contribution in [0.5, 0.6) is 0 Å². The van der Waals surface area contributed by atoms with Crippen molar-refractivity contribution in [2.24, 2.45) is 11.7 Å². The van der Waals surface area contributed by atoms with Crippen LogP contribution in [-0.4, -0.2) is 34.3 Å². The number of piperidine rings is 1. The number of carbonyl (C=O) groups excluding carboxylic acids is 1. The van der Waals surface area contributed by atoms with E-state index in [4.69, 9.17) is 10.5 Å². The minimum Gasteiger partial charge on any atom is -0.444 e. The number of nitrogens with two attached hydrogens (primary N) is 1. The van der Waals surface area contributed by atoms with Crippen LogP contribution in [0.1, 0.15) is 44.4 Å². The highest BCUT2D eigenvalue weighted by atomic mass is 16.6. The summed E-state index contributed by atoms with van der Waals surface area (Å²) in [6.07, 6.45) is 0.741. The Morgan fingerprint density at radius 3 is 2.70 bits per heavy atom. The minimum absolute atomic E-state index is 0.0170. The van der Waals surface area contributed by atoms with Gasteiger partial charge in [-0.3, -0.25) is 4.79 Å². The first-order valence-electron chi connectivity index (χ1n) is 8.18. The van der Waals surface area contributed by atoms with Crippen molar-refractivity contribution in [3.05, 3.63) is 33.7 Å². The fourth-order valence-corrected chi connectivity index (χ4v) is 3.61. The van der Waals surface area contributed by atoms with Crippen LogP contribution in [0.4, 0.5) is 4.79 Å². The molecule has 0 saturated carbocycles. The molecule has 0 radical (unpaired) electrons. The number of pyridine rings is 1. The summed E-state index contributed by atoms with van der Waals surface area (Å²) in [5.74, 6) is 0.476. The third kappa shape index (κ3) is 3.27. The summed E-state index contributed by atoms with van der Waals surface area (Å²) >= 11 is 0. The van der Waals surface area contributed by atoms with Gasteiger partial charge in [0.05, 0.1) is 0 Å². The molecule has 2 aliphatic heterocycles. The highest BCUT2D eigenvalue weighted by Crippen LogP contribution is 2.35. The van der Waals surface area contributed by atoms with E-state index < -0.39 is 5.60 Å². The zero-order valence-electron chi connectivity index (χ0n) is 14.0. The maximum absolute atomic E-state index is 12.4. The van der Waals surface area contributed by atoms with Gasteiger partial charge in [0, 0.05) is 43.9 Å². The Morgan fingerprint density at radius 2 is 2.04 bits per heavy atom. The molecule has 1 aromatic rings. The Balaban J connectivity index is 1.86. The number of nitrogens with zero attached hydrogens (tertiary/aromatic N) is 2. The molecule has 0 aromatic carbocycles. The van der Waals surface area contributed by atoms with Gasteiger partial charge in [0.25, 0.3) is 5.56 Å². The molecule has 6 heteroatoms. The first-order chi connectivity index (χ1) is 10.8. The Bertz CT molecular complexity index is 675. The van der Waals surface area contributed by atoms with Gasteiger partial charge in [0.2, 0.25) is 0 Å². The Kier molecular flexibility index (Phi) is 3.96. The molecule has 2 bridgehead atoms. The third-order valence-electron chi connectivity index (χ3n) is 4.50. The van der Waals surface area contributed by atoms with E-state index >= 15 is 0 Å². The number of rotatable bonds is 1. The first kappa shape index (κ1) is 16.1. The van der Waals surface area contributed by atoms with E-state index in [0.717, 1.165) is 17.7 Å². The molecule has 23 heavy (non-hydrogen) atoms. The number of likely N-dealkylation sites (tertiary alicyclic amines) is 1. The summed E-state index contributed by atoms with van der Waals surface area (Å²) in [6.45, 7) is 7.88. The quantitative estimate of drug-likeness (QED) is 0.854. The van der Waals surface area contributed by atoms with Crippen molar-refractivity contribution in [3.63, 3.8) is 0 Å². The predicted molar refractivity (Wildman–Crippen MR) is 87.2 cm³/mol. The lowest BCUT2D eigenvalue weighted by Crippen LogP contribution is -2.50. The Labute approximate surface area is 136 Å². The first-order valence-corrected chi connectivity index (χ1v) is 8.18. The lowest BCUT2D eigenvalue weighted by Gasteiger charge is -2.43. The molecular weight excluding hydrogens is 294 g/mol. The van der Waals surface area contributed by atoms with Crippen LogP contribution in [-0.2, 0) is 17.8 Å². The maximum atomic E-state index is 12.4. The molecule has 1 fully saturated rings. The Morgan fingerprint density at radius 1 is 1.30 bits per heavy atom. The van der Waals surface area contributed by atoms with Gasteiger partial charge in [-0.05, 0) is 44.7 Å². The fraction of sp³-hybridized carbons (Fsp3) is 0.647. The van der Waals surface area contributed by atoms with Crippen molar-refractivity contribution < 1.29 is 9.53 Å². The van der Waals surface area contributed by atoms with Crippen molar-refractivity contribution in [2.75, 3.05) is 13.1 Å². The van der Waals surface area contributed by atoms with Crippen molar-refractivity contribution >= 4 is 6.09 Å². The van der Waals surface area contributed by atoms with Gasteiger partial charge in [-0.25, -0.2) is 4.79 Å². The zero-order valence-corrected chi connectivity index (χ0v) is 14.0.